The maximum Gasteiger partial charge on any atom is 0.234 e. The lowest BCUT2D eigenvalue weighted by molar-refractivity contribution is -0.123. The van der Waals surface area contributed by atoms with Gasteiger partial charge in [0.1, 0.15) is 0 Å². The summed E-state index contributed by atoms with van der Waals surface area (Å²) in [6.07, 6.45) is 2.10. The van der Waals surface area contributed by atoms with Gasteiger partial charge in [-0.2, -0.15) is 0 Å². The molecule has 7 nitrogen and oxygen atoms in total. The fourth-order valence-corrected chi connectivity index (χ4v) is 4.30. The molecule has 4 rings (SSSR count). The highest BCUT2D eigenvalue weighted by atomic mass is 16.5. The number of amides is 1. The van der Waals surface area contributed by atoms with Crippen LogP contribution in [0.4, 0.5) is 0 Å². The molecular formula is C25H29N3O4. The second-order valence-electron chi connectivity index (χ2n) is 7.72. The summed E-state index contributed by atoms with van der Waals surface area (Å²) < 4.78 is 18.5. The Morgan fingerprint density at radius 2 is 1.69 bits per heavy atom. The number of hydrogen-bond donors (Lipinski definition) is 1. The quantitative estimate of drug-likeness (QED) is 0.589. The Kier molecular flexibility index (Phi) is 6.66. The molecule has 1 N–H and O–H groups in total. The molecule has 1 atom stereocenters. The third-order valence-corrected chi connectivity index (χ3v) is 5.81. The summed E-state index contributed by atoms with van der Waals surface area (Å²) >= 11 is 0. The summed E-state index contributed by atoms with van der Waals surface area (Å²) in [5, 5.41) is 3.04. The molecule has 1 unspecified atom stereocenters. The Morgan fingerprint density at radius 3 is 2.34 bits per heavy atom. The molecule has 3 aromatic rings. The van der Waals surface area contributed by atoms with Crippen molar-refractivity contribution in [3.05, 3.63) is 77.6 Å². The molecule has 1 amide bonds. The van der Waals surface area contributed by atoms with Crippen molar-refractivity contribution >= 4 is 5.91 Å². The predicted octanol–water partition coefficient (Wildman–Crippen LogP) is 3.24. The smallest absolute Gasteiger partial charge is 0.234 e. The minimum atomic E-state index is -0.0281. The van der Waals surface area contributed by atoms with Gasteiger partial charge in [0.25, 0.3) is 0 Å². The van der Waals surface area contributed by atoms with Gasteiger partial charge in [0.2, 0.25) is 11.7 Å². The lowest BCUT2D eigenvalue weighted by Gasteiger charge is -2.36. The zero-order chi connectivity index (χ0) is 22.5. The molecule has 1 aliphatic heterocycles. The summed E-state index contributed by atoms with van der Waals surface area (Å²) in [6.45, 7) is 2.36. The van der Waals surface area contributed by atoms with Crippen molar-refractivity contribution in [3.8, 4) is 17.2 Å². The number of methoxy groups -OCH3 is 3. The van der Waals surface area contributed by atoms with Crippen molar-refractivity contribution in [2.75, 3.05) is 34.4 Å². The standard InChI is InChI=1S/C25H29N3O4/c1-30-21-14-18(15-22(31-2)25(21)32-3)16-26-23(29)17-28-13-12-27-11-7-10-20(27)24(28)19-8-5-4-6-9-19/h4-11,14-15,24H,12-13,16-17H2,1-3H3,(H,26,29). The van der Waals surface area contributed by atoms with Gasteiger partial charge in [-0.25, -0.2) is 0 Å². The molecule has 0 spiro atoms. The molecule has 0 saturated carbocycles. The van der Waals surface area contributed by atoms with E-state index in [4.69, 9.17) is 14.2 Å². The fourth-order valence-electron chi connectivity index (χ4n) is 4.30. The van der Waals surface area contributed by atoms with Crippen LogP contribution in [0.5, 0.6) is 17.2 Å². The van der Waals surface area contributed by atoms with Gasteiger partial charge in [0, 0.05) is 31.5 Å². The van der Waals surface area contributed by atoms with Crippen molar-refractivity contribution in [3.63, 3.8) is 0 Å². The van der Waals surface area contributed by atoms with Crippen LogP contribution < -0.4 is 19.5 Å². The van der Waals surface area contributed by atoms with Crippen LogP contribution in [0.15, 0.2) is 60.8 Å². The van der Waals surface area contributed by atoms with E-state index >= 15 is 0 Å². The van der Waals surface area contributed by atoms with Gasteiger partial charge in [-0.15, -0.1) is 0 Å². The Morgan fingerprint density at radius 1 is 0.969 bits per heavy atom. The zero-order valence-corrected chi connectivity index (χ0v) is 18.7. The first kappa shape index (κ1) is 21.8. The fraction of sp³-hybridized carbons (Fsp3) is 0.320. The van der Waals surface area contributed by atoms with Crippen LogP contribution in [-0.4, -0.2) is 49.8 Å². The van der Waals surface area contributed by atoms with Gasteiger partial charge in [-0.3, -0.25) is 9.69 Å². The molecule has 1 aromatic heterocycles. The molecule has 0 fully saturated rings. The Labute approximate surface area is 188 Å². The van der Waals surface area contributed by atoms with Gasteiger partial charge in [0.15, 0.2) is 11.5 Å². The van der Waals surface area contributed by atoms with E-state index in [-0.39, 0.29) is 11.9 Å². The van der Waals surface area contributed by atoms with E-state index in [0.29, 0.717) is 30.3 Å². The van der Waals surface area contributed by atoms with Gasteiger partial charge in [-0.05, 0) is 35.4 Å². The van der Waals surface area contributed by atoms with Crippen LogP contribution in [0.25, 0.3) is 0 Å². The number of carbonyl (C=O) groups is 1. The summed E-state index contributed by atoms with van der Waals surface area (Å²) in [4.78, 5) is 15.1. The summed E-state index contributed by atoms with van der Waals surface area (Å²) in [7, 11) is 4.73. The van der Waals surface area contributed by atoms with Crippen molar-refractivity contribution in [1.82, 2.24) is 14.8 Å². The minimum absolute atomic E-state index is 0.0281. The topological polar surface area (TPSA) is 65.0 Å². The first-order chi connectivity index (χ1) is 15.6. The van der Waals surface area contributed by atoms with Crippen molar-refractivity contribution in [2.45, 2.75) is 19.1 Å². The van der Waals surface area contributed by atoms with Crippen LogP contribution in [0.2, 0.25) is 0 Å². The number of carbonyl (C=O) groups excluding carboxylic acids is 1. The average molecular weight is 436 g/mol. The number of hydrogen-bond acceptors (Lipinski definition) is 5. The Bertz CT molecular complexity index is 1040. The molecule has 168 valence electrons. The molecule has 0 saturated heterocycles. The predicted molar refractivity (Wildman–Crippen MR) is 122 cm³/mol. The second kappa shape index (κ2) is 9.78. The molecule has 1 aliphatic rings. The first-order valence-electron chi connectivity index (χ1n) is 10.6. The number of aromatic nitrogens is 1. The lowest BCUT2D eigenvalue weighted by atomic mass is 10.00. The molecule has 32 heavy (non-hydrogen) atoms. The van der Waals surface area contributed by atoms with Crippen LogP contribution in [-0.2, 0) is 17.9 Å². The van der Waals surface area contributed by atoms with Crippen molar-refractivity contribution in [2.24, 2.45) is 0 Å². The third-order valence-electron chi connectivity index (χ3n) is 5.81. The number of ether oxygens (including phenoxy) is 3. The zero-order valence-electron chi connectivity index (χ0n) is 18.7. The highest BCUT2D eigenvalue weighted by Crippen LogP contribution is 2.38. The van der Waals surface area contributed by atoms with E-state index in [9.17, 15) is 4.79 Å². The van der Waals surface area contributed by atoms with E-state index in [0.717, 1.165) is 18.7 Å². The van der Waals surface area contributed by atoms with Crippen LogP contribution >= 0.6 is 0 Å². The van der Waals surface area contributed by atoms with Gasteiger partial charge in [-0.1, -0.05) is 30.3 Å². The molecule has 0 bridgehead atoms. The number of benzene rings is 2. The van der Waals surface area contributed by atoms with Crippen LogP contribution in [0.1, 0.15) is 22.9 Å². The maximum absolute atomic E-state index is 12.9. The number of nitrogens with zero attached hydrogens (tertiary/aromatic N) is 2. The third kappa shape index (κ3) is 4.43. The normalized spacial score (nSPS) is 15.7. The molecule has 2 heterocycles. The van der Waals surface area contributed by atoms with Crippen LogP contribution in [0.3, 0.4) is 0 Å². The molecule has 7 heteroatoms. The van der Waals surface area contributed by atoms with E-state index in [1.165, 1.54) is 11.3 Å². The average Bonchev–Trinajstić information content (AvgIpc) is 3.31. The maximum atomic E-state index is 12.9. The van der Waals surface area contributed by atoms with E-state index in [1.54, 1.807) is 21.3 Å². The molecule has 0 aliphatic carbocycles. The summed E-state index contributed by atoms with van der Waals surface area (Å²) in [5.41, 5.74) is 3.27. The Balaban J connectivity index is 1.47. The summed E-state index contributed by atoms with van der Waals surface area (Å²) in [6, 6.07) is 18.3. The highest BCUT2D eigenvalue weighted by Gasteiger charge is 2.29. The van der Waals surface area contributed by atoms with Gasteiger partial charge >= 0.3 is 0 Å². The lowest BCUT2D eigenvalue weighted by Crippen LogP contribution is -2.44. The number of rotatable bonds is 8. The monoisotopic (exact) mass is 435 g/mol. The van der Waals surface area contributed by atoms with Crippen LogP contribution in [0, 0.1) is 0 Å². The SMILES string of the molecule is COc1cc(CNC(=O)CN2CCn3cccc3C2c2ccccc2)cc(OC)c1OC. The van der Waals surface area contributed by atoms with E-state index < -0.39 is 0 Å². The molecule has 2 aromatic carbocycles. The second-order valence-corrected chi connectivity index (χ2v) is 7.72. The number of nitrogens with one attached hydrogen (secondary N) is 1. The van der Waals surface area contributed by atoms with E-state index in [1.807, 2.05) is 30.3 Å². The Hall–Kier alpha value is -3.45. The largest absolute Gasteiger partial charge is 0.493 e. The molecular weight excluding hydrogens is 406 g/mol. The van der Waals surface area contributed by atoms with E-state index in [2.05, 4.69) is 45.2 Å². The van der Waals surface area contributed by atoms with Gasteiger partial charge in [0.05, 0.1) is 33.9 Å². The number of fused-ring (bicyclic) bond motifs is 1. The minimum Gasteiger partial charge on any atom is -0.493 e. The molecule has 0 radical (unpaired) electrons. The van der Waals surface area contributed by atoms with Crippen molar-refractivity contribution < 1.29 is 19.0 Å². The highest BCUT2D eigenvalue weighted by molar-refractivity contribution is 5.78. The first-order valence-corrected chi connectivity index (χ1v) is 10.6. The van der Waals surface area contributed by atoms with Crippen molar-refractivity contribution in [1.29, 1.82) is 0 Å². The van der Waals surface area contributed by atoms with Gasteiger partial charge < -0.3 is 24.1 Å². The summed E-state index contributed by atoms with van der Waals surface area (Å²) in [5.74, 6) is 1.64.